The maximum Gasteiger partial charge on any atom is 0.352 e. The Bertz CT molecular complexity index is 1410. The number of amidine groups is 1. The number of carbonyl (C=O) groups is 4. The van der Waals surface area contributed by atoms with Gasteiger partial charge in [0.1, 0.15) is 34.8 Å². The molecule has 4 rings (SSSR count). The number of nitrogens with one attached hydrogen (secondary N) is 1. The lowest BCUT2D eigenvalue weighted by atomic mass is 10.0. The average Bonchev–Trinajstić information content (AvgIpc) is 3.55. The number of tetrazole rings is 1. The van der Waals surface area contributed by atoms with E-state index in [4.69, 9.17) is 21.7 Å². The third-order valence-corrected chi connectivity index (χ3v) is 8.73. The van der Waals surface area contributed by atoms with Crippen LogP contribution in [0.15, 0.2) is 33.2 Å². The van der Waals surface area contributed by atoms with Crippen LogP contribution in [-0.2, 0) is 35.3 Å². The number of halogens is 1. The summed E-state index contributed by atoms with van der Waals surface area (Å²) in [7, 11) is 0. The van der Waals surface area contributed by atoms with Crippen molar-refractivity contribution in [3.63, 3.8) is 0 Å². The summed E-state index contributed by atoms with van der Waals surface area (Å²) >= 11 is 3.69. The van der Waals surface area contributed by atoms with Crippen LogP contribution < -0.4 is 11.1 Å². The number of thioether (sulfide) groups is 3. The molecule has 16 nitrogen and oxygen atoms in total. The summed E-state index contributed by atoms with van der Waals surface area (Å²) in [5.74, 6) is -0.762. The molecule has 3 aliphatic rings. The molecular formula is C23H28ClN9O7S3. The first-order chi connectivity index (χ1) is 19.9. The Labute approximate surface area is 264 Å². The minimum atomic E-state index is -1.28. The van der Waals surface area contributed by atoms with Crippen LogP contribution in [0, 0.1) is 12.3 Å². The number of carboxylic acid groups (broad SMARTS) is 1. The molecule has 43 heavy (non-hydrogen) atoms. The van der Waals surface area contributed by atoms with E-state index in [1.807, 2.05) is 0 Å². The highest BCUT2D eigenvalue weighted by molar-refractivity contribution is 8.02. The van der Waals surface area contributed by atoms with Gasteiger partial charge in [-0.2, -0.15) is 0 Å². The fourth-order valence-corrected chi connectivity index (χ4v) is 6.91. The number of oxime groups is 1. The summed E-state index contributed by atoms with van der Waals surface area (Å²) < 4.78 is 6.57. The summed E-state index contributed by atoms with van der Waals surface area (Å²) in [4.78, 5) is 58.2. The number of ether oxygens (including phenoxy) is 1. The number of β-lactam (4-membered cyclic amide) rings is 1. The molecule has 4 N–H and O–H groups in total. The molecule has 1 saturated heterocycles. The van der Waals surface area contributed by atoms with Gasteiger partial charge in [0.2, 0.25) is 17.6 Å². The van der Waals surface area contributed by atoms with Crippen LogP contribution >= 0.6 is 47.7 Å². The van der Waals surface area contributed by atoms with E-state index in [1.165, 1.54) is 51.1 Å². The van der Waals surface area contributed by atoms with Crippen molar-refractivity contribution >= 4 is 77.3 Å². The number of hydrogen-bond acceptors (Lipinski definition) is 14. The third-order valence-electron chi connectivity index (χ3n) is 5.57. The van der Waals surface area contributed by atoms with Gasteiger partial charge in [0.25, 0.3) is 11.8 Å². The second-order valence-corrected chi connectivity index (χ2v) is 12.8. The maximum absolute atomic E-state index is 13.3. The van der Waals surface area contributed by atoms with Crippen molar-refractivity contribution in [2.75, 3.05) is 18.1 Å². The molecule has 0 radical (unpaired) electrons. The number of nitrogens with two attached hydrogens (primary N) is 1. The number of nitrogens with zero attached hydrogens (tertiary/aromatic N) is 7. The molecule has 20 heteroatoms. The van der Waals surface area contributed by atoms with Crippen molar-refractivity contribution in [2.24, 2.45) is 10.9 Å². The van der Waals surface area contributed by atoms with Crippen molar-refractivity contribution in [3.05, 3.63) is 22.9 Å². The highest BCUT2D eigenvalue weighted by Gasteiger charge is 2.54. The average molecular weight is 674 g/mol. The zero-order chi connectivity index (χ0) is 30.6. The molecule has 0 aromatic carbocycles. The van der Waals surface area contributed by atoms with Gasteiger partial charge in [-0.25, -0.2) is 14.3 Å². The van der Waals surface area contributed by atoms with Crippen LogP contribution in [-0.4, -0.2) is 105 Å². The molecule has 2 amide bonds. The Hall–Kier alpha value is -3.44. The smallest absolute Gasteiger partial charge is 0.352 e. The molecule has 0 saturated carbocycles. The van der Waals surface area contributed by atoms with Crippen molar-refractivity contribution in [1.82, 2.24) is 35.3 Å². The summed E-state index contributed by atoms with van der Waals surface area (Å²) in [6, 6.07) is -1.04. The molecule has 2 unspecified atom stereocenters. The normalized spacial score (nSPS) is 21.4. The Balaban J connectivity index is 0.00000506. The number of aliphatic carboxylic acids is 1. The van der Waals surface area contributed by atoms with Crippen molar-refractivity contribution in [2.45, 2.75) is 55.0 Å². The van der Waals surface area contributed by atoms with Crippen LogP contribution in [0.3, 0.4) is 0 Å². The maximum atomic E-state index is 13.3. The molecule has 1 aromatic heterocycles. The van der Waals surface area contributed by atoms with Crippen molar-refractivity contribution in [3.8, 4) is 12.3 Å². The zero-order valence-corrected chi connectivity index (χ0v) is 26.3. The fraction of sp³-hybridized carbons (Fsp3) is 0.478. The molecule has 1 aromatic rings. The van der Waals surface area contributed by atoms with Gasteiger partial charge in [0.05, 0.1) is 0 Å². The number of hydrogen-bond donors (Lipinski definition) is 3. The van der Waals surface area contributed by atoms with Crippen LogP contribution in [0.25, 0.3) is 0 Å². The molecule has 3 aliphatic heterocycles. The predicted molar refractivity (Wildman–Crippen MR) is 160 cm³/mol. The molecule has 3 atom stereocenters. The van der Waals surface area contributed by atoms with E-state index >= 15 is 0 Å². The van der Waals surface area contributed by atoms with Gasteiger partial charge in [-0.3, -0.25) is 19.4 Å². The van der Waals surface area contributed by atoms with Gasteiger partial charge in [-0.15, -0.1) is 35.7 Å². The topological polar surface area (TPSA) is 207 Å². The van der Waals surface area contributed by atoms with Crippen LogP contribution in [0.4, 0.5) is 0 Å². The minimum Gasteiger partial charge on any atom is -0.477 e. The SMILES string of the molecule is C#CCn1nnnc1SCC1=C(C(=O)O)N2C(=O)C(NC(=O)C(=NOCC(=O)OC(C)(C)C)N3C=CSC3N)[C@H]2SC1.Cl. The molecule has 0 bridgehead atoms. The first-order valence-corrected chi connectivity index (χ1v) is 15.2. The lowest BCUT2D eigenvalue weighted by molar-refractivity contribution is -0.160. The van der Waals surface area contributed by atoms with E-state index < -0.39 is 52.9 Å². The van der Waals surface area contributed by atoms with Gasteiger partial charge >= 0.3 is 11.9 Å². The molecular weight excluding hydrogens is 646 g/mol. The fourth-order valence-electron chi connectivity index (χ4n) is 3.88. The van der Waals surface area contributed by atoms with E-state index in [0.717, 1.165) is 4.90 Å². The van der Waals surface area contributed by atoms with E-state index in [1.54, 1.807) is 26.2 Å². The Morgan fingerprint density at radius 2 is 2.12 bits per heavy atom. The molecule has 232 valence electrons. The highest BCUT2D eigenvalue weighted by Crippen LogP contribution is 2.41. The molecule has 1 fully saturated rings. The first kappa shape index (κ1) is 34.1. The monoisotopic (exact) mass is 673 g/mol. The van der Waals surface area contributed by atoms with Gasteiger partial charge in [-0.1, -0.05) is 34.6 Å². The summed E-state index contributed by atoms with van der Waals surface area (Å²) in [5.41, 5.74) is 4.93. The Morgan fingerprint density at radius 1 is 1.37 bits per heavy atom. The van der Waals surface area contributed by atoms with E-state index in [0.29, 0.717) is 10.7 Å². The molecule has 0 aliphatic carbocycles. The number of amides is 2. The Kier molecular flexibility index (Phi) is 11.4. The number of carbonyl (C=O) groups excluding carboxylic acids is 3. The quantitative estimate of drug-likeness (QED) is 0.0599. The van der Waals surface area contributed by atoms with Gasteiger partial charge in [0, 0.05) is 17.7 Å². The first-order valence-electron chi connectivity index (χ1n) is 12.2. The largest absolute Gasteiger partial charge is 0.477 e. The summed E-state index contributed by atoms with van der Waals surface area (Å²) in [6.45, 7) is 4.67. The van der Waals surface area contributed by atoms with E-state index in [2.05, 4.69) is 31.9 Å². The summed E-state index contributed by atoms with van der Waals surface area (Å²) in [6.07, 6.45) is 6.83. The predicted octanol–water partition coefficient (Wildman–Crippen LogP) is -0.00710. The van der Waals surface area contributed by atoms with Crippen molar-refractivity contribution < 1.29 is 33.9 Å². The van der Waals surface area contributed by atoms with Crippen LogP contribution in [0.1, 0.15) is 20.8 Å². The number of esters is 1. The van der Waals surface area contributed by atoms with Gasteiger partial charge < -0.3 is 25.7 Å². The Morgan fingerprint density at radius 3 is 2.74 bits per heavy atom. The number of terminal acetylenes is 1. The number of aromatic nitrogens is 4. The highest BCUT2D eigenvalue weighted by atomic mass is 35.5. The lowest BCUT2D eigenvalue weighted by Gasteiger charge is -2.49. The molecule has 4 heterocycles. The van der Waals surface area contributed by atoms with Crippen LogP contribution in [0.2, 0.25) is 0 Å². The summed E-state index contributed by atoms with van der Waals surface area (Å²) in [5, 5.41) is 29.0. The third kappa shape index (κ3) is 7.94. The second kappa shape index (κ2) is 14.4. The van der Waals surface area contributed by atoms with Crippen LogP contribution in [0.5, 0.6) is 0 Å². The zero-order valence-electron chi connectivity index (χ0n) is 23.0. The minimum absolute atomic E-state index is 0. The number of fused-ring (bicyclic) bond motifs is 1. The second-order valence-electron chi connectivity index (χ2n) is 9.72. The van der Waals surface area contributed by atoms with Gasteiger partial charge in [-0.05, 0) is 42.2 Å². The lowest BCUT2D eigenvalue weighted by Crippen LogP contribution is -2.71. The standard InChI is InChI=1S/C23H27N9O7S3.ClH/c1-5-6-31-22(26-28-29-31)42-11-12-10-41-19-14(18(35)32(19)15(12)20(36)37)25-17(34)16(30-7-8-40-21(30)24)27-38-9-13(33)39-23(2,3)4;/h1,7-8,14,19,21H,6,9-11,24H2,2-4H3,(H,25,34)(H,36,37);1H/t14?,19-,21?;/m1./s1. The van der Waals surface area contributed by atoms with Crippen molar-refractivity contribution in [1.29, 1.82) is 0 Å². The van der Waals surface area contributed by atoms with E-state index in [9.17, 15) is 24.3 Å². The van der Waals surface area contributed by atoms with Gasteiger partial charge in [0.15, 0.2) is 0 Å². The van der Waals surface area contributed by atoms with E-state index in [-0.39, 0.29) is 42.0 Å². The number of carboxylic acids is 1. The molecule has 0 spiro atoms. The number of rotatable bonds is 9.